The topological polar surface area (TPSA) is 42.2 Å². The lowest BCUT2D eigenvalue weighted by atomic mass is 10.2. The van der Waals surface area contributed by atoms with Gasteiger partial charge in [-0.15, -0.1) is 0 Å². The van der Waals surface area contributed by atoms with E-state index in [0.717, 1.165) is 0 Å². The van der Waals surface area contributed by atoms with Crippen LogP contribution in [0.5, 0.6) is 0 Å². The third-order valence-corrected chi connectivity index (χ3v) is 2.24. The Morgan fingerprint density at radius 2 is 1.89 bits per heavy atom. The van der Waals surface area contributed by atoms with Gasteiger partial charge in [0.15, 0.2) is 12.4 Å². The summed E-state index contributed by atoms with van der Waals surface area (Å²) in [6, 6.07) is 3.52. The lowest BCUT2D eigenvalue weighted by Gasteiger charge is -2.20. The summed E-state index contributed by atoms with van der Waals surface area (Å²) in [4.78, 5) is 11.5. The lowest BCUT2D eigenvalue weighted by Crippen LogP contribution is -3.00. The molecule has 0 spiro atoms. The maximum Gasteiger partial charge on any atom is 0.412 e. The molecular weight excluding hydrogens is 275 g/mol. The van der Waals surface area contributed by atoms with Crippen LogP contribution >= 0.6 is 11.6 Å². The number of aromatic nitrogens is 1. The SMILES string of the molecule is CC(NC(=O)OC(C)(C)C)[n+]1ccc(Cl)cc1.[Cl-]. The van der Waals surface area contributed by atoms with Gasteiger partial charge in [-0.2, -0.15) is 4.57 Å². The van der Waals surface area contributed by atoms with Crippen LogP contribution in [0.4, 0.5) is 4.79 Å². The highest BCUT2D eigenvalue weighted by atomic mass is 35.5. The van der Waals surface area contributed by atoms with Crippen LogP contribution < -0.4 is 22.3 Å². The van der Waals surface area contributed by atoms with Crippen molar-refractivity contribution in [3.05, 3.63) is 29.5 Å². The Morgan fingerprint density at radius 3 is 2.33 bits per heavy atom. The first-order valence-electron chi connectivity index (χ1n) is 5.44. The van der Waals surface area contributed by atoms with E-state index in [1.165, 1.54) is 0 Å². The zero-order chi connectivity index (χ0) is 13.1. The average Bonchev–Trinajstić information content (AvgIpc) is 2.15. The summed E-state index contributed by atoms with van der Waals surface area (Å²) < 4.78 is 6.99. The molecule has 0 aromatic carbocycles. The first-order chi connectivity index (χ1) is 7.78. The summed E-state index contributed by atoms with van der Waals surface area (Å²) in [7, 11) is 0. The molecule has 0 radical (unpaired) electrons. The summed E-state index contributed by atoms with van der Waals surface area (Å²) in [6.07, 6.45) is 2.96. The van der Waals surface area contributed by atoms with Crippen LogP contribution in [0.15, 0.2) is 24.5 Å². The van der Waals surface area contributed by atoms with Crippen molar-refractivity contribution in [2.45, 2.75) is 39.5 Å². The number of ether oxygens (including phenoxy) is 1. The highest BCUT2D eigenvalue weighted by molar-refractivity contribution is 6.30. The summed E-state index contributed by atoms with van der Waals surface area (Å²) in [6.45, 7) is 7.34. The van der Waals surface area contributed by atoms with Crippen LogP contribution in [0, 0.1) is 0 Å². The van der Waals surface area contributed by atoms with Gasteiger partial charge in [-0.05, 0) is 20.8 Å². The molecule has 0 saturated heterocycles. The van der Waals surface area contributed by atoms with Crippen LogP contribution in [0.25, 0.3) is 0 Å². The lowest BCUT2D eigenvalue weighted by molar-refractivity contribution is -0.723. The first kappa shape index (κ1) is 17.0. The van der Waals surface area contributed by atoms with E-state index in [1.54, 1.807) is 24.5 Å². The third-order valence-electron chi connectivity index (χ3n) is 1.98. The number of carbonyl (C=O) groups is 1. The molecule has 0 aliphatic heterocycles. The summed E-state index contributed by atoms with van der Waals surface area (Å²) in [5, 5.41) is 3.39. The van der Waals surface area contributed by atoms with E-state index in [1.807, 2.05) is 32.3 Å². The standard InChI is InChI=1S/C12H17ClN2O2.ClH/c1-9(14-11(16)17-12(2,3)4)15-7-5-10(13)6-8-15;/h5-9H,1-4H3;1H. The normalized spacial score (nSPS) is 12.3. The van der Waals surface area contributed by atoms with Crippen LogP contribution in [0.3, 0.4) is 0 Å². The van der Waals surface area contributed by atoms with Crippen molar-refractivity contribution in [2.75, 3.05) is 0 Å². The molecule has 0 fully saturated rings. The number of alkyl carbamates (subject to hydrolysis) is 1. The molecule has 1 atom stereocenters. The molecule has 1 heterocycles. The number of nitrogens with one attached hydrogen (secondary N) is 1. The fourth-order valence-corrected chi connectivity index (χ4v) is 1.34. The fourth-order valence-electron chi connectivity index (χ4n) is 1.23. The van der Waals surface area contributed by atoms with Gasteiger partial charge in [-0.25, -0.2) is 4.79 Å². The number of hydrogen-bond acceptors (Lipinski definition) is 2. The van der Waals surface area contributed by atoms with Gasteiger partial charge in [-0.1, -0.05) is 11.6 Å². The third kappa shape index (κ3) is 6.07. The summed E-state index contributed by atoms with van der Waals surface area (Å²) in [5.74, 6) is 0. The summed E-state index contributed by atoms with van der Waals surface area (Å²) in [5.41, 5.74) is -0.492. The monoisotopic (exact) mass is 292 g/mol. The Hall–Kier alpha value is -1.000. The van der Waals surface area contributed by atoms with E-state index in [2.05, 4.69) is 5.32 Å². The number of halogens is 2. The second-order valence-electron chi connectivity index (χ2n) is 4.79. The first-order valence-corrected chi connectivity index (χ1v) is 5.81. The van der Waals surface area contributed by atoms with E-state index in [0.29, 0.717) is 5.02 Å². The minimum Gasteiger partial charge on any atom is -1.00 e. The van der Waals surface area contributed by atoms with Gasteiger partial charge in [0, 0.05) is 19.1 Å². The second-order valence-corrected chi connectivity index (χ2v) is 5.22. The number of amides is 1. The van der Waals surface area contributed by atoms with Crippen LogP contribution in [-0.2, 0) is 4.74 Å². The number of nitrogens with zero attached hydrogens (tertiary/aromatic N) is 1. The van der Waals surface area contributed by atoms with Crippen molar-refractivity contribution >= 4 is 17.7 Å². The van der Waals surface area contributed by atoms with E-state index >= 15 is 0 Å². The number of rotatable bonds is 2. The molecule has 1 aromatic rings. The molecule has 1 N–H and O–H groups in total. The van der Waals surface area contributed by atoms with Crippen molar-refractivity contribution in [1.82, 2.24) is 5.32 Å². The Kier molecular flexibility index (Phi) is 6.43. The molecule has 1 amide bonds. The Morgan fingerprint density at radius 1 is 1.39 bits per heavy atom. The zero-order valence-corrected chi connectivity index (χ0v) is 12.4. The molecule has 1 aromatic heterocycles. The average molecular weight is 293 g/mol. The molecule has 1 rings (SSSR count). The van der Waals surface area contributed by atoms with Gasteiger partial charge in [-0.3, -0.25) is 5.32 Å². The van der Waals surface area contributed by atoms with E-state index in [4.69, 9.17) is 16.3 Å². The Labute approximate surface area is 119 Å². The highest BCUT2D eigenvalue weighted by Gasteiger charge is 2.20. The Balaban J connectivity index is 0.00000289. The quantitative estimate of drug-likeness (QED) is 0.759. The highest BCUT2D eigenvalue weighted by Crippen LogP contribution is 2.07. The molecular formula is C12H18Cl2N2O2. The molecule has 1 unspecified atom stereocenters. The van der Waals surface area contributed by atoms with Gasteiger partial charge < -0.3 is 17.1 Å². The van der Waals surface area contributed by atoms with Gasteiger partial charge in [0.1, 0.15) is 5.60 Å². The molecule has 6 heteroatoms. The maximum atomic E-state index is 11.5. The minimum absolute atomic E-state index is 0. The maximum absolute atomic E-state index is 11.5. The van der Waals surface area contributed by atoms with E-state index in [-0.39, 0.29) is 18.6 Å². The smallest absolute Gasteiger partial charge is 0.412 e. The van der Waals surface area contributed by atoms with Gasteiger partial charge in [0.2, 0.25) is 6.17 Å². The van der Waals surface area contributed by atoms with Crippen molar-refractivity contribution in [3.8, 4) is 0 Å². The van der Waals surface area contributed by atoms with Crippen molar-refractivity contribution < 1.29 is 26.5 Å². The molecule has 18 heavy (non-hydrogen) atoms. The molecule has 0 bridgehead atoms. The molecule has 0 aliphatic rings. The molecule has 0 aliphatic carbocycles. The molecule has 4 nitrogen and oxygen atoms in total. The van der Waals surface area contributed by atoms with Gasteiger partial charge in [0.25, 0.3) is 0 Å². The largest absolute Gasteiger partial charge is 1.00 e. The fraction of sp³-hybridized carbons (Fsp3) is 0.500. The Bertz CT molecular complexity index is 388. The predicted octanol–water partition coefficient (Wildman–Crippen LogP) is -0.325. The number of pyridine rings is 1. The number of hydrogen-bond donors (Lipinski definition) is 1. The van der Waals surface area contributed by atoms with Crippen LogP contribution in [-0.4, -0.2) is 11.7 Å². The summed E-state index contributed by atoms with van der Waals surface area (Å²) >= 11 is 5.78. The predicted molar refractivity (Wildman–Crippen MR) is 65.7 cm³/mol. The van der Waals surface area contributed by atoms with Crippen LogP contribution in [0.2, 0.25) is 5.02 Å². The van der Waals surface area contributed by atoms with Crippen LogP contribution in [0.1, 0.15) is 33.9 Å². The number of carbonyl (C=O) groups excluding carboxylic acids is 1. The van der Waals surface area contributed by atoms with Crippen molar-refractivity contribution in [1.29, 1.82) is 0 Å². The molecule has 102 valence electrons. The zero-order valence-electron chi connectivity index (χ0n) is 10.9. The van der Waals surface area contributed by atoms with E-state index < -0.39 is 11.7 Å². The van der Waals surface area contributed by atoms with Gasteiger partial charge in [0.05, 0.1) is 5.02 Å². The van der Waals surface area contributed by atoms with Crippen molar-refractivity contribution in [3.63, 3.8) is 0 Å². The van der Waals surface area contributed by atoms with Crippen molar-refractivity contribution in [2.24, 2.45) is 0 Å². The van der Waals surface area contributed by atoms with Gasteiger partial charge >= 0.3 is 6.09 Å². The molecule has 0 saturated carbocycles. The van der Waals surface area contributed by atoms with E-state index in [9.17, 15) is 4.79 Å². The second kappa shape index (κ2) is 6.81. The minimum atomic E-state index is -0.492.